The van der Waals surface area contributed by atoms with Crippen molar-refractivity contribution in [2.75, 3.05) is 7.11 Å². The van der Waals surface area contributed by atoms with Crippen LogP contribution in [0.4, 0.5) is 0 Å². The Morgan fingerprint density at radius 2 is 1.88 bits per heavy atom. The third-order valence-electron chi connectivity index (χ3n) is 5.14. The van der Waals surface area contributed by atoms with Gasteiger partial charge in [0.05, 0.1) is 12.8 Å². The Bertz CT molecular complexity index is 1610. The molecule has 0 spiro atoms. The number of hydrogen-bond donors (Lipinski definition) is 1. The topological polar surface area (TPSA) is 116 Å². The maximum atomic E-state index is 12.7. The summed E-state index contributed by atoms with van der Waals surface area (Å²) >= 11 is 0. The molecule has 164 valence electrons. The Kier molecular flexibility index (Phi) is 4.98. The lowest BCUT2D eigenvalue weighted by molar-refractivity contribution is 0.0466. The summed E-state index contributed by atoms with van der Waals surface area (Å²) in [5.74, 6) is -0.165. The van der Waals surface area contributed by atoms with Crippen molar-refractivity contribution in [1.29, 1.82) is 0 Å². The lowest BCUT2D eigenvalue weighted by atomic mass is 10.1. The Hall–Kier alpha value is -4.66. The number of rotatable bonds is 5. The van der Waals surface area contributed by atoms with E-state index in [1.807, 2.05) is 30.3 Å². The fraction of sp³-hybridized carbons (Fsp3) is 0.0833. The molecule has 0 atom stereocenters. The average Bonchev–Trinajstić information content (AvgIpc) is 3.27. The van der Waals surface area contributed by atoms with E-state index in [9.17, 15) is 14.4 Å². The molecule has 0 bridgehead atoms. The monoisotopic (exact) mass is 443 g/mol. The predicted molar refractivity (Wildman–Crippen MR) is 119 cm³/mol. The van der Waals surface area contributed by atoms with Gasteiger partial charge in [-0.25, -0.2) is 19.1 Å². The third-order valence-corrected chi connectivity index (χ3v) is 5.14. The predicted octanol–water partition coefficient (Wildman–Crippen LogP) is 3.16. The number of H-pyrrole nitrogens is 1. The highest BCUT2D eigenvalue weighted by atomic mass is 16.5. The maximum Gasteiger partial charge on any atom is 0.356 e. The Labute approximate surface area is 185 Å². The van der Waals surface area contributed by atoms with Crippen LogP contribution >= 0.6 is 0 Å². The molecule has 0 aliphatic carbocycles. The number of nitrogens with zero attached hydrogens (tertiary/aromatic N) is 2. The van der Waals surface area contributed by atoms with Gasteiger partial charge >= 0.3 is 11.6 Å². The number of carbonyl (C=O) groups is 1. The first kappa shape index (κ1) is 20.3. The zero-order valence-electron chi connectivity index (χ0n) is 17.4. The number of nitrogens with one attached hydrogen (secondary N) is 1. The summed E-state index contributed by atoms with van der Waals surface area (Å²) in [7, 11) is 1.51. The summed E-state index contributed by atoms with van der Waals surface area (Å²) in [6.45, 7) is -0.166. The molecular weight excluding hydrogens is 426 g/mol. The lowest BCUT2D eigenvalue weighted by Crippen LogP contribution is -2.15. The summed E-state index contributed by atoms with van der Waals surface area (Å²) in [6.07, 6.45) is 0. The minimum absolute atomic E-state index is 0.0544. The molecule has 0 radical (unpaired) electrons. The van der Waals surface area contributed by atoms with Gasteiger partial charge in [0.2, 0.25) is 0 Å². The average molecular weight is 443 g/mol. The highest BCUT2D eigenvalue weighted by Gasteiger charge is 2.16. The number of benzene rings is 2. The van der Waals surface area contributed by atoms with Crippen LogP contribution in [-0.4, -0.2) is 27.7 Å². The number of aromatic nitrogens is 3. The first-order valence-electron chi connectivity index (χ1n) is 9.98. The van der Waals surface area contributed by atoms with Gasteiger partial charge in [0.1, 0.15) is 23.6 Å². The van der Waals surface area contributed by atoms with Crippen LogP contribution in [0.5, 0.6) is 5.75 Å². The van der Waals surface area contributed by atoms with E-state index in [2.05, 4.69) is 10.1 Å². The Balaban J connectivity index is 1.43. The maximum absolute atomic E-state index is 12.7. The molecule has 3 aromatic heterocycles. The number of fused-ring (bicyclic) bond motifs is 2. The summed E-state index contributed by atoms with van der Waals surface area (Å²) in [4.78, 5) is 41.5. The standard InChI is InChI=1S/C24H17N3O6/c1-31-16-7-8-17-15(9-23(29)33-20(17)10-16)13-32-24(30)19-11-21-25-18(12-22(28)27(21)26-19)14-5-3-2-4-6-14/h2-12,26H,13H2,1H3. The lowest BCUT2D eigenvalue weighted by Gasteiger charge is -2.07. The zero-order valence-corrected chi connectivity index (χ0v) is 17.4. The minimum atomic E-state index is -0.698. The van der Waals surface area contributed by atoms with Crippen molar-refractivity contribution in [3.05, 3.63) is 98.8 Å². The largest absolute Gasteiger partial charge is 0.497 e. The Morgan fingerprint density at radius 3 is 2.67 bits per heavy atom. The zero-order chi connectivity index (χ0) is 22.9. The van der Waals surface area contributed by atoms with Gasteiger partial charge in [-0.1, -0.05) is 30.3 Å². The molecule has 0 aliphatic rings. The van der Waals surface area contributed by atoms with Crippen LogP contribution in [0.1, 0.15) is 16.1 Å². The van der Waals surface area contributed by atoms with Crippen LogP contribution < -0.4 is 15.9 Å². The number of methoxy groups -OCH3 is 1. The second kappa shape index (κ2) is 8.12. The highest BCUT2D eigenvalue weighted by molar-refractivity contribution is 5.89. The van der Waals surface area contributed by atoms with E-state index in [0.717, 1.165) is 5.56 Å². The molecule has 0 unspecified atom stereocenters. The molecule has 2 aromatic carbocycles. The molecule has 0 amide bonds. The summed E-state index contributed by atoms with van der Waals surface area (Å²) < 4.78 is 16.9. The van der Waals surface area contributed by atoms with Crippen molar-refractivity contribution >= 4 is 22.6 Å². The number of esters is 1. The summed E-state index contributed by atoms with van der Waals surface area (Å²) in [5.41, 5.74) is 1.49. The summed E-state index contributed by atoms with van der Waals surface area (Å²) in [6, 6.07) is 18.4. The van der Waals surface area contributed by atoms with Crippen LogP contribution in [0.15, 0.2) is 80.7 Å². The van der Waals surface area contributed by atoms with Crippen LogP contribution in [-0.2, 0) is 11.3 Å². The molecule has 0 fully saturated rings. The van der Waals surface area contributed by atoms with Gasteiger partial charge < -0.3 is 13.9 Å². The van der Waals surface area contributed by atoms with Crippen molar-refractivity contribution in [1.82, 2.24) is 14.6 Å². The number of aromatic amines is 1. The highest BCUT2D eigenvalue weighted by Crippen LogP contribution is 2.23. The first-order chi connectivity index (χ1) is 16.0. The molecule has 9 nitrogen and oxygen atoms in total. The number of hydrogen-bond acceptors (Lipinski definition) is 7. The number of ether oxygens (including phenoxy) is 2. The van der Waals surface area contributed by atoms with Gasteiger partial charge in [0.15, 0.2) is 5.65 Å². The van der Waals surface area contributed by atoms with Crippen LogP contribution in [0.3, 0.4) is 0 Å². The minimum Gasteiger partial charge on any atom is -0.497 e. The van der Waals surface area contributed by atoms with Crippen molar-refractivity contribution in [2.45, 2.75) is 6.61 Å². The fourth-order valence-electron chi connectivity index (χ4n) is 3.53. The molecule has 0 aliphatic heterocycles. The molecular formula is C24H17N3O6. The van der Waals surface area contributed by atoms with Crippen molar-refractivity contribution in [3.8, 4) is 17.0 Å². The molecule has 0 saturated carbocycles. The van der Waals surface area contributed by atoms with Crippen molar-refractivity contribution < 1.29 is 18.7 Å². The SMILES string of the molecule is COc1ccc2c(COC(=O)c3cc4nc(-c5ccccc5)cc(=O)n4[nH]3)cc(=O)oc2c1. The normalized spacial score (nSPS) is 11.1. The molecule has 1 N–H and O–H groups in total. The summed E-state index contributed by atoms with van der Waals surface area (Å²) in [5, 5.41) is 3.33. The first-order valence-corrected chi connectivity index (χ1v) is 9.98. The molecule has 5 rings (SSSR count). The second-order valence-electron chi connectivity index (χ2n) is 7.24. The third kappa shape index (κ3) is 3.87. The van der Waals surface area contributed by atoms with Crippen molar-refractivity contribution in [3.63, 3.8) is 0 Å². The molecule has 33 heavy (non-hydrogen) atoms. The molecule has 5 aromatic rings. The molecule has 0 saturated heterocycles. The number of carbonyl (C=O) groups excluding carboxylic acids is 1. The van der Waals surface area contributed by atoms with Gasteiger partial charge in [0, 0.05) is 40.8 Å². The van der Waals surface area contributed by atoms with Gasteiger partial charge in [-0.05, 0) is 12.1 Å². The van der Waals surface area contributed by atoms with E-state index in [1.54, 1.807) is 18.2 Å². The van der Waals surface area contributed by atoms with E-state index in [0.29, 0.717) is 28.0 Å². The van der Waals surface area contributed by atoms with Crippen LogP contribution in [0.2, 0.25) is 0 Å². The second-order valence-corrected chi connectivity index (χ2v) is 7.24. The van der Waals surface area contributed by atoms with Crippen LogP contribution in [0, 0.1) is 0 Å². The molecule has 9 heteroatoms. The van der Waals surface area contributed by atoms with Crippen LogP contribution in [0.25, 0.3) is 27.9 Å². The molecule has 3 heterocycles. The van der Waals surface area contributed by atoms with Crippen molar-refractivity contribution in [2.24, 2.45) is 0 Å². The van der Waals surface area contributed by atoms with Gasteiger partial charge in [-0.2, -0.15) is 0 Å². The van der Waals surface area contributed by atoms with E-state index in [-0.39, 0.29) is 23.5 Å². The smallest absolute Gasteiger partial charge is 0.356 e. The fourth-order valence-corrected chi connectivity index (χ4v) is 3.53. The van der Waals surface area contributed by atoms with E-state index in [4.69, 9.17) is 13.9 Å². The van der Waals surface area contributed by atoms with E-state index >= 15 is 0 Å². The quantitative estimate of drug-likeness (QED) is 0.328. The van der Waals surface area contributed by atoms with E-state index < -0.39 is 11.6 Å². The van der Waals surface area contributed by atoms with Gasteiger partial charge in [-0.3, -0.25) is 9.89 Å². The van der Waals surface area contributed by atoms with Gasteiger partial charge in [-0.15, -0.1) is 0 Å². The Morgan fingerprint density at radius 1 is 1.06 bits per heavy atom. The van der Waals surface area contributed by atoms with Gasteiger partial charge in [0.25, 0.3) is 5.56 Å². The van der Waals surface area contributed by atoms with E-state index in [1.165, 1.54) is 29.8 Å².